The van der Waals surface area contributed by atoms with E-state index in [1.165, 1.54) is 0 Å². The van der Waals surface area contributed by atoms with Crippen LogP contribution in [0.5, 0.6) is 0 Å². The van der Waals surface area contributed by atoms with E-state index < -0.39 is 6.10 Å². The minimum Gasteiger partial charge on any atom is -0.389 e. The molecule has 0 amide bonds. The van der Waals surface area contributed by atoms with Crippen LogP contribution >= 0.6 is 0 Å². The van der Waals surface area contributed by atoms with Crippen LogP contribution < -0.4 is 0 Å². The summed E-state index contributed by atoms with van der Waals surface area (Å²) < 4.78 is 5.67. The molecule has 1 N–H and O–H groups in total. The second-order valence-electron chi connectivity index (χ2n) is 4.46. The lowest BCUT2D eigenvalue weighted by molar-refractivity contribution is -0.0473. The maximum Gasteiger partial charge on any atom is 0.0933 e. The molecule has 2 heteroatoms. The van der Waals surface area contributed by atoms with Gasteiger partial charge in [-0.05, 0) is 19.4 Å². The molecule has 0 saturated heterocycles. The van der Waals surface area contributed by atoms with Crippen molar-refractivity contribution in [2.75, 3.05) is 0 Å². The molecule has 0 heterocycles. The van der Waals surface area contributed by atoms with Crippen LogP contribution in [-0.4, -0.2) is 17.3 Å². The first-order chi connectivity index (χ1) is 8.65. The predicted molar refractivity (Wildman–Crippen MR) is 73.9 cm³/mol. The average Bonchev–Trinajstić information content (AvgIpc) is 2.42. The van der Waals surface area contributed by atoms with E-state index in [4.69, 9.17) is 4.74 Å². The van der Waals surface area contributed by atoms with Gasteiger partial charge in [0.2, 0.25) is 0 Å². The van der Waals surface area contributed by atoms with Crippen molar-refractivity contribution in [2.24, 2.45) is 5.92 Å². The molecule has 0 saturated carbocycles. The molecule has 0 spiro atoms. The second kappa shape index (κ2) is 7.92. The Labute approximate surface area is 110 Å². The summed E-state index contributed by atoms with van der Waals surface area (Å²) in [6.45, 7) is 6.34. The monoisotopic (exact) mass is 246 g/mol. The van der Waals surface area contributed by atoms with Gasteiger partial charge in [-0.2, -0.15) is 0 Å². The molecule has 0 aliphatic heterocycles. The van der Waals surface area contributed by atoms with Gasteiger partial charge in [0.25, 0.3) is 0 Å². The molecule has 98 valence electrons. The number of hydrogen-bond acceptors (Lipinski definition) is 2. The lowest BCUT2D eigenvalue weighted by Gasteiger charge is -2.22. The van der Waals surface area contributed by atoms with Crippen LogP contribution in [0, 0.1) is 17.8 Å². The number of aliphatic hydroxyl groups excluding tert-OH is 1. The average molecular weight is 246 g/mol. The summed E-state index contributed by atoms with van der Waals surface area (Å²) >= 11 is 0. The molecule has 0 unspecified atom stereocenters. The molecule has 3 atom stereocenters. The van der Waals surface area contributed by atoms with Crippen molar-refractivity contribution in [1.82, 2.24) is 0 Å². The first-order valence-electron chi connectivity index (χ1n) is 6.47. The fraction of sp³-hybridized carbons (Fsp3) is 0.500. The normalized spacial score (nSPS) is 15.3. The van der Waals surface area contributed by atoms with E-state index in [-0.39, 0.29) is 12.0 Å². The number of benzene rings is 1. The highest BCUT2D eigenvalue weighted by Crippen LogP contribution is 2.12. The number of hydrogen-bond donors (Lipinski definition) is 1. The van der Waals surface area contributed by atoms with Crippen LogP contribution in [0.2, 0.25) is 0 Å². The molecule has 0 radical (unpaired) electrons. The lowest BCUT2D eigenvalue weighted by Crippen LogP contribution is -2.31. The van der Waals surface area contributed by atoms with Crippen molar-refractivity contribution < 1.29 is 9.84 Å². The first kappa shape index (κ1) is 14.8. The van der Waals surface area contributed by atoms with E-state index in [1.807, 2.05) is 51.1 Å². The Balaban J connectivity index is 2.42. The van der Waals surface area contributed by atoms with Gasteiger partial charge < -0.3 is 9.84 Å². The molecular weight excluding hydrogens is 224 g/mol. The second-order valence-corrected chi connectivity index (χ2v) is 4.46. The van der Waals surface area contributed by atoms with E-state index in [9.17, 15) is 5.11 Å². The number of ether oxygens (including phenoxy) is 1. The van der Waals surface area contributed by atoms with Crippen molar-refractivity contribution in [3.05, 3.63) is 35.9 Å². The highest BCUT2D eigenvalue weighted by Gasteiger charge is 2.20. The Morgan fingerprint density at radius 3 is 2.50 bits per heavy atom. The Morgan fingerprint density at radius 1 is 1.22 bits per heavy atom. The molecule has 2 nitrogen and oxygen atoms in total. The summed E-state index contributed by atoms with van der Waals surface area (Å²) in [5.74, 6) is 5.96. The third kappa shape index (κ3) is 4.91. The minimum absolute atomic E-state index is 0.0595. The Bertz CT molecular complexity index is 389. The highest BCUT2D eigenvalue weighted by molar-refractivity contribution is 5.13. The van der Waals surface area contributed by atoms with Gasteiger partial charge in [0.05, 0.1) is 18.8 Å². The third-order valence-corrected chi connectivity index (χ3v) is 2.86. The SMILES string of the molecule is CCC#C[C@@H](C)[C@@H](O)[C@H](C)OCc1ccccc1. The third-order valence-electron chi connectivity index (χ3n) is 2.86. The Kier molecular flexibility index (Phi) is 6.49. The molecule has 1 rings (SSSR count). The van der Waals surface area contributed by atoms with E-state index in [0.717, 1.165) is 12.0 Å². The Morgan fingerprint density at radius 2 is 1.89 bits per heavy atom. The molecular formula is C16H22O2. The van der Waals surface area contributed by atoms with Crippen LogP contribution in [0.25, 0.3) is 0 Å². The molecule has 0 fully saturated rings. The molecule has 1 aromatic carbocycles. The summed E-state index contributed by atoms with van der Waals surface area (Å²) in [5.41, 5.74) is 1.11. The maximum atomic E-state index is 10.1. The Hall–Kier alpha value is -1.30. The summed E-state index contributed by atoms with van der Waals surface area (Å²) in [7, 11) is 0. The summed E-state index contributed by atoms with van der Waals surface area (Å²) in [4.78, 5) is 0. The molecule has 0 aromatic heterocycles. The van der Waals surface area contributed by atoms with Gasteiger partial charge in [0.1, 0.15) is 0 Å². The maximum absolute atomic E-state index is 10.1. The van der Waals surface area contributed by atoms with Gasteiger partial charge in [-0.15, -0.1) is 5.92 Å². The van der Waals surface area contributed by atoms with Crippen molar-refractivity contribution in [2.45, 2.75) is 46.0 Å². The van der Waals surface area contributed by atoms with E-state index in [0.29, 0.717) is 6.61 Å². The number of aliphatic hydroxyl groups is 1. The van der Waals surface area contributed by atoms with Gasteiger partial charge in [-0.25, -0.2) is 0 Å². The minimum atomic E-state index is -0.548. The van der Waals surface area contributed by atoms with Crippen molar-refractivity contribution in [3.63, 3.8) is 0 Å². The van der Waals surface area contributed by atoms with Gasteiger partial charge in [-0.1, -0.05) is 43.2 Å². The van der Waals surface area contributed by atoms with Gasteiger partial charge >= 0.3 is 0 Å². The predicted octanol–water partition coefficient (Wildman–Crippen LogP) is 3.00. The quantitative estimate of drug-likeness (QED) is 0.809. The zero-order chi connectivity index (χ0) is 13.4. The van der Waals surface area contributed by atoms with E-state index >= 15 is 0 Å². The zero-order valence-electron chi connectivity index (χ0n) is 11.4. The van der Waals surface area contributed by atoms with Gasteiger partial charge in [-0.3, -0.25) is 0 Å². The summed E-state index contributed by atoms with van der Waals surface area (Å²) in [5, 5.41) is 10.1. The van der Waals surface area contributed by atoms with Crippen LogP contribution in [0.4, 0.5) is 0 Å². The molecule has 1 aromatic rings. The fourth-order valence-corrected chi connectivity index (χ4v) is 1.66. The van der Waals surface area contributed by atoms with Gasteiger partial charge in [0, 0.05) is 12.3 Å². The fourth-order valence-electron chi connectivity index (χ4n) is 1.66. The highest BCUT2D eigenvalue weighted by atomic mass is 16.5. The smallest absolute Gasteiger partial charge is 0.0933 e. The molecule has 0 bridgehead atoms. The molecule has 18 heavy (non-hydrogen) atoms. The van der Waals surface area contributed by atoms with Crippen molar-refractivity contribution >= 4 is 0 Å². The molecule has 0 aliphatic carbocycles. The van der Waals surface area contributed by atoms with E-state index in [1.54, 1.807) is 0 Å². The first-order valence-corrected chi connectivity index (χ1v) is 6.47. The van der Waals surface area contributed by atoms with Crippen molar-refractivity contribution in [3.8, 4) is 11.8 Å². The van der Waals surface area contributed by atoms with Crippen LogP contribution in [0.3, 0.4) is 0 Å². The topological polar surface area (TPSA) is 29.5 Å². The largest absolute Gasteiger partial charge is 0.389 e. The zero-order valence-corrected chi connectivity index (χ0v) is 11.4. The van der Waals surface area contributed by atoms with Crippen molar-refractivity contribution in [1.29, 1.82) is 0 Å². The van der Waals surface area contributed by atoms with E-state index in [2.05, 4.69) is 11.8 Å². The number of rotatable bonds is 5. The van der Waals surface area contributed by atoms with Crippen LogP contribution in [-0.2, 0) is 11.3 Å². The van der Waals surface area contributed by atoms with Crippen LogP contribution in [0.15, 0.2) is 30.3 Å². The molecule has 0 aliphatic rings. The van der Waals surface area contributed by atoms with Gasteiger partial charge in [0.15, 0.2) is 0 Å². The van der Waals surface area contributed by atoms with Crippen LogP contribution in [0.1, 0.15) is 32.8 Å². The summed E-state index contributed by atoms with van der Waals surface area (Å²) in [6.07, 6.45) is 0.0511. The summed E-state index contributed by atoms with van der Waals surface area (Å²) in [6, 6.07) is 9.97. The standard InChI is InChI=1S/C16H22O2/c1-4-5-9-13(2)16(17)14(3)18-12-15-10-7-6-8-11-15/h6-8,10-11,13-14,16-17H,4,12H2,1-3H3/t13-,14+,16-/m1/s1. The lowest BCUT2D eigenvalue weighted by atomic mass is 10.0.